The molecule has 0 bridgehead atoms. The summed E-state index contributed by atoms with van der Waals surface area (Å²) in [4.78, 5) is 0. The van der Waals surface area contributed by atoms with Crippen LogP contribution in [0, 0.1) is 0 Å². The summed E-state index contributed by atoms with van der Waals surface area (Å²) < 4.78 is 7.60. The van der Waals surface area contributed by atoms with Gasteiger partial charge in [0.25, 0.3) is 0 Å². The third kappa shape index (κ3) is 3.82. The van der Waals surface area contributed by atoms with Crippen molar-refractivity contribution in [2.75, 3.05) is 6.61 Å². The van der Waals surface area contributed by atoms with Crippen LogP contribution >= 0.6 is 0 Å². The molecule has 0 radical (unpaired) electrons. The summed E-state index contributed by atoms with van der Waals surface area (Å²) in [6.45, 7) is 5.20. The summed E-state index contributed by atoms with van der Waals surface area (Å²) in [6.07, 6.45) is 7.88. The molecule has 4 nitrogen and oxygen atoms in total. The van der Waals surface area contributed by atoms with E-state index in [9.17, 15) is 0 Å². The predicted molar refractivity (Wildman–Crippen MR) is 72.5 cm³/mol. The first kappa shape index (κ1) is 13.6. The minimum atomic E-state index is 0.199. The monoisotopic (exact) mass is 251 g/mol. The molecular weight excluding hydrogens is 226 g/mol. The maximum atomic E-state index is 6.16. The van der Waals surface area contributed by atoms with Gasteiger partial charge in [-0.1, -0.05) is 0 Å². The molecule has 4 heteroatoms. The van der Waals surface area contributed by atoms with E-state index in [0.29, 0.717) is 12.1 Å². The van der Waals surface area contributed by atoms with Gasteiger partial charge < -0.3 is 10.5 Å². The van der Waals surface area contributed by atoms with Gasteiger partial charge in [-0.25, -0.2) is 0 Å². The third-order valence-corrected chi connectivity index (χ3v) is 3.55. The van der Waals surface area contributed by atoms with Crippen molar-refractivity contribution in [3.63, 3.8) is 0 Å². The fourth-order valence-electron chi connectivity index (χ4n) is 2.42. The van der Waals surface area contributed by atoms with Crippen LogP contribution in [0.5, 0.6) is 0 Å². The lowest BCUT2D eigenvalue weighted by Gasteiger charge is -2.13. The summed E-state index contributed by atoms with van der Waals surface area (Å²) in [5.41, 5.74) is 7.26. The van der Waals surface area contributed by atoms with Gasteiger partial charge in [-0.3, -0.25) is 4.68 Å². The zero-order valence-electron chi connectivity index (χ0n) is 11.5. The lowest BCUT2D eigenvalue weighted by atomic mass is 10.0. The molecule has 2 N–H and O–H groups in total. The highest BCUT2D eigenvalue weighted by Crippen LogP contribution is 2.18. The van der Waals surface area contributed by atoms with Crippen molar-refractivity contribution >= 4 is 0 Å². The van der Waals surface area contributed by atoms with E-state index in [4.69, 9.17) is 10.5 Å². The van der Waals surface area contributed by atoms with Crippen LogP contribution in [-0.4, -0.2) is 28.5 Å². The maximum absolute atomic E-state index is 6.16. The second-order valence-corrected chi connectivity index (χ2v) is 5.56. The molecule has 1 aromatic heterocycles. The lowest BCUT2D eigenvalue weighted by molar-refractivity contribution is 0.101. The molecular formula is C14H25N3O. The summed E-state index contributed by atoms with van der Waals surface area (Å²) in [5.74, 6) is 0. The Bertz CT molecular complexity index is 356. The van der Waals surface area contributed by atoms with Crippen LogP contribution in [0.25, 0.3) is 0 Å². The van der Waals surface area contributed by atoms with E-state index in [2.05, 4.69) is 25.0 Å². The highest BCUT2D eigenvalue weighted by molar-refractivity contribution is 5.01. The number of hydrogen-bond acceptors (Lipinski definition) is 3. The smallest absolute Gasteiger partial charge is 0.0640 e. The zero-order valence-corrected chi connectivity index (χ0v) is 11.5. The standard InChI is InChI=1S/C14H25N3O/c1-11(2)17-8-7-13(16-17)10-12(15)5-6-14-4-3-9-18-14/h7-8,11-12,14H,3-6,9-10,15H2,1-2H3. The number of aromatic nitrogens is 2. The second kappa shape index (κ2) is 6.34. The van der Waals surface area contributed by atoms with Crippen molar-refractivity contribution in [3.8, 4) is 0 Å². The molecule has 1 aliphatic heterocycles. The van der Waals surface area contributed by atoms with Crippen LogP contribution in [0.15, 0.2) is 12.3 Å². The Morgan fingerprint density at radius 3 is 3.00 bits per heavy atom. The average Bonchev–Trinajstić information content (AvgIpc) is 2.96. The molecule has 0 saturated carbocycles. The molecule has 0 amide bonds. The van der Waals surface area contributed by atoms with Crippen LogP contribution in [-0.2, 0) is 11.2 Å². The van der Waals surface area contributed by atoms with Crippen molar-refractivity contribution in [2.24, 2.45) is 5.73 Å². The SMILES string of the molecule is CC(C)n1ccc(CC(N)CCC2CCCO2)n1. The van der Waals surface area contributed by atoms with E-state index in [-0.39, 0.29) is 6.04 Å². The Balaban J connectivity index is 1.73. The fourth-order valence-corrected chi connectivity index (χ4v) is 2.42. The van der Waals surface area contributed by atoms with Gasteiger partial charge in [0, 0.05) is 31.3 Å². The minimum absolute atomic E-state index is 0.199. The van der Waals surface area contributed by atoms with E-state index < -0.39 is 0 Å². The molecule has 1 aliphatic rings. The summed E-state index contributed by atoms with van der Waals surface area (Å²) in [6, 6.07) is 2.69. The first-order valence-electron chi connectivity index (χ1n) is 7.06. The molecule has 2 atom stereocenters. The molecule has 0 spiro atoms. The zero-order chi connectivity index (χ0) is 13.0. The van der Waals surface area contributed by atoms with Crippen molar-refractivity contribution in [1.29, 1.82) is 0 Å². The summed E-state index contributed by atoms with van der Waals surface area (Å²) >= 11 is 0. The van der Waals surface area contributed by atoms with Crippen LogP contribution in [0.3, 0.4) is 0 Å². The van der Waals surface area contributed by atoms with Crippen molar-refractivity contribution in [2.45, 2.75) is 64.1 Å². The Hall–Kier alpha value is -0.870. The molecule has 1 fully saturated rings. The second-order valence-electron chi connectivity index (χ2n) is 5.56. The largest absolute Gasteiger partial charge is 0.378 e. The minimum Gasteiger partial charge on any atom is -0.378 e. The van der Waals surface area contributed by atoms with E-state index >= 15 is 0 Å². The predicted octanol–water partition coefficient (Wildman–Crippen LogP) is 2.29. The third-order valence-electron chi connectivity index (χ3n) is 3.55. The Labute approximate surface area is 110 Å². The number of hydrogen-bond donors (Lipinski definition) is 1. The number of ether oxygens (including phenoxy) is 1. The normalized spacial score (nSPS) is 21.7. The Morgan fingerprint density at radius 2 is 2.39 bits per heavy atom. The molecule has 102 valence electrons. The van der Waals surface area contributed by atoms with Crippen LogP contribution < -0.4 is 5.73 Å². The average molecular weight is 251 g/mol. The van der Waals surface area contributed by atoms with Crippen LogP contribution in [0.1, 0.15) is 51.3 Å². The van der Waals surface area contributed by atoms with E-state index in [1.54, 1.807) is 0 Å². The van der Waals surface area contributed by atoms with Crippen LogP contribution in [0.2, 0.25) is 0 Å². The molecule has 18 heavy (non-hydrogen) atoms. The topological polar surface area (TPSA) is 53.1 Å². The van der Waals surface area contributed by atoms with Gasteiger partial charge >= 0.3 is 0 Å². The first-order chi connectivity index (χ1) is 8.65. The molecule has 0 aliphatic carbocycles. The number of rotatable bonds is 6. The molecule has 0 aromatic carbocycles. The van der Waals surface area contributed by atoms with Gasteiger partial charge in [-0.05, 0) is 45.6 Å². The molecule has 2 rings (SSSR count). The Morgan fingerprint density at radius 1 is 1.56 bits per heavy atom. The molecule has 1 saturated heterocycles. The van der Waals surface area contributed by atoms with Gasteiger partial charge in [0.05, 0.1) is 11.8 Å². The van der Waals surface area contributed by atoms with Crippen molar-refractivity contribution in [1.82, 2.24) is 9.78 Å². The lowest BCUT2D eigenvalue weighted by Crippen LogP contribution is -2.25. The van der Waals surface area contributed by atoms with Gasteiger partial charge in [0.2, 0.25) is 0 Å². The van der Waals surface area contributed by atoms with Crippen LogP contribution in [0.4, 0.5) is 0 Å². The first-order valence-corrected chi connectivity index (χ1v) is 7.06. The summed E-state index contributed by atoms with van der Waals surface area (Å²) in [7, 11) is 0. The highest BCUT2D eigenvalue weighted by Gasteiger charge is 2.17. The molecule has 2 unspecified atom stereocenters. The number of nitrogens with zero attached hydrogens (tertiary/aromatic N) is 2. The van der Waals surface area contributed by atoms with Gasteiger partial charge in [-0.2, -0.15) is 5.10 Å². The van der Waals surface area contributed by atoms with E-state index in [1.165, 1.54) is 12.8 Å². The van der Waals surface area contributed by atoms with E-state index in [1.807, 2.05) is 10.9 Å². The number of nitrogens with two attached hydrogens (primary N) is 1. The molecule has 1 aromatic rings. The quantitative estimate of drug-likeness (QED) is 0.844. The van der Waals surface area contributed by atoms with Crippen molar-refractivity contribution < 1.29 is 4.74 Å². The fraction of sp³-hybridized carbons (Fsp3) is 0.786. The highest BCUT2D eigenvalue weighted by atomic mass is 16.5. The van der Waals surface area contributed by atoms with E-state index in [0.717, 1.165) is 31.6 Å². The summed E-state index contributed by atoms with van der Waals surface area (Å²) in [5, 5.41) is 4.53. The van der Waals surface area contributed by atoms with Gasteiger partial charge in [0.15, 0.2) is 0 Å². The maximum Gasteiger partial charge on any atom is 0.0640 e. The van der Waals surface area contributed by atoms with Crippen molar-refractivity contribution in [3.05, 3.63) is 18.0 Å². The Kier molecular flexibility index (Phi) is 4.78. The van der Waals surface area contributed by atoms with Gasteiger partial charge in [-0.15, -0.1) is 0 Å². The van der Waals surface area contributed by atoms with Gasteiger partial charge in [0.1, 0.15) is 0 Å². The molecule has 2 heterocycles.